The van der Waals surface area contributed by atoms with Gasteiger partial charge in [0.25, 0.3) is 0 Å². The monoisotopic (exact) mass is 126 g/mol. The van der Waals surface area contributed by atoms with Crippen molar-refractivity contribution in [3.8, 4) is 0 Å². The second-order valence-corrected chi connectivity index (χ2v) is 0.523. The Morgan fingerprint density at radius 3 is 2.00 bits per heavy atom. The molecule has 0 aliphatic heterocycles. The van der Waals surface area contributed by atoms with Crippen LogP contribution < -0.4 is 5.73 Å². The van der Waals surface area contributed by atoms with Gasteiger partial charge < -0.3 is 10.5 Å². The van der Waals surface area contributed by atoms with Crippen molar-refractivity contribution in [3.05, 3.63) is 0 Å². The topological polar surface area (TPSA) is 52.3 Å². The minimum absolute atomic E-state index is 0. The van der Waals surface area contributed by atoms with E-state index in [1.165, 1.54) is 7.11 Å². The van der Waals surface area contributed by atoms with Gasteiger partial charge in [0.15, 0.2) is 0 Å². The van der Waals surface area contributed by atoms with Gasteiger partial charge in [-0.15, -0.1) is 0 Å². The third kappa shape index (κ3) is 9.13. The van der Waals surface area contributed by atoms with E-state index in [0.717, 1.165) is 0 Å². The number of amides is 1. The zero-order valence-electron chi connectivity index (χ0n) is 3.34. The molecule has 0 saturated carbocycles. The number of carbonyl (C=O) groups is 1. The largest absolute Gasteiger partial charge is 0.453 e. The predicted molar refractivity (Wildman–Crippen MR) is 16.6 cm³/mol. The smallest absolute Gasteiger partial charge is 0.404 e. The average molecular weight is 126 g/mol. The minimum atomic E-state index is -0.745. The summed E-state index contributed by atoms with van der Waals surface area (Å²) in [5, 5.41) is 0. The zero-order chi connectivity index (χ0) is 4.28. The Morgan fingerprint density at radius 2 is 2.00 bits per heavy atom. The van der Waals surface area contributed by atoms with Crippen LogP contribution >= 0.6 is 0 Å². The Morgan fingerprint density at radius 1 is 1.83 bits per heavy atom. The van der Waals surface area contributed by atoms with Crippen LogP contribution in [-0.2, 0) is 23.3 Å². The van der Waals surface area contributed by atoms with Crippen LogP contribution in [0.2, 0.25) is 0 Å². The summed E-state index contributed by atoms with van der Waals surface area (Å²) in [6.07, 6.45) is -0.745. The molecule has 0 heterocycles. The van der Waals surface area contributed by atoms with E-state index in [-0.39, 0.29) is 18.6 Å². The van der Waals surface area contributed by atoms with Crippen molar-refractivity contribution >= 4 is 6.09 Å². The second kappa shape index (κ2) is 4.85. The maximum Gasteiger partial charge on any atom is 0.404 e. The number of nitrogens with two attached hydrogens (primary N) is 1. The zero-order valence-corrected chi connectivity index (χ0v) is 4.74. The van der Waals surface area contributed by atoms with E-state index in [9.17, 15) is 4.79 Å². The van der Waals surface area contributed by atoms with E-state index in [0.29, 0.717) is 0 Å². The molecule has 0 aliphatic rings. The van der Waals surface area contributed by atoms with Crippen LogP contribution in [0.4, 0.5) is 4.79 Å². The molecule has 0 saturated heterocycles. The number of carbonyl (C=O) groups excluding carboxylic acids is 1. The molecule has 0 bridgehead atoms. The fourth-order valence-electron chi connectivity index (χ4n) is 0. The van der Waals surface area contributed by atoms with E-state index < -0.39 is 6.09 Å². The van der Waals surface area contributed by atoms with Crippen molar-refractivity contribution in [3.63, 3.8) is 0 Å². The number of primary amides is 1. The molecule has 0 aromatic carbocycles. The molecule has 0 fully saturated rings. The van der Waals surface area contributed by atoms with Gasteiger partial charge in [-0.05, 0) is 0 Å². The third-order valence-electron chi connectivity index (χ3n) is 0.201. The molecule has 1 radical (unpaired) electrons. The Labute approximate surface area is 47.7 Å². The summed E-state index contributed by atoms with van der Waals surface area (Å²) in [5.74, 6) is 0. The molecule has 0 atom stereocenters. The number of ether oxygens (including phenoxy) is 1. The number of methoxy groups -OCH3 is 1. The third-order valence-corrected chi connectivity index (χ3v) is 0.201. The van der Waals surface area contributed by atoms with E-state index in [1.54, 1.807) is 0 Å². The molecule has 1 amide bonds. The van der Waals surface area contributed by atoms with Gasteiger partial charge in [-0.2, -0.15) is 0 Å². The van der Waals surface area contributed by atoms with Crippen LogP contribution in [0.1, 0.15) is 0 Å². The molecule has 0 aromatic heterocycles. The molecular formula is C2H5NO2V. The summed E-state index contributed by atoms with van der Waals surface area (Å²) in [7, 11) is 1.22. The molecular weight excluding hydrogens is 121 g/mol. The van der Waals surface area contributed by atoms with E-state index in [2.05, 4.69) is 10.5 Å². The SMILES string of the molecule is COC(N)=O.[V]. The molecule has 2 N–H and O–H groups in total. The van der Waals surface area contributed by atoms with Gasteiger partial charge in [0.05, 0.1) is 7.11 Å². The summed E-state index contributed by atoms with van der Waals surface area (Å²) >= 11 is 0. The summed E-state index contributed by atoms with van der Waals surface area (Å²) in [6, 6.07) is 0. The van der Waals surface area contributed by atoms with E-state index >= 15 is 0 Å². The Bertz CT molecular complexity index is 46.8. The molecule has 0 rings (SSSR count). The summed E-state index contributed by atoms with van der Waals surface area (Å²) < 4.78 is 3.89. The quantitative estimate of drug-likeness (QED) is 0.484. The van der Waals surface area contributed by atoms with Crippen molar-refractivity contribution in [1.29, 1.82) is 0 Å². The molecule has 0 aliphatic carbocycles. The summed E-state index contributed by atoms with van der Waals surface area (Å²) in [6.45, 7) is 0. The molecule has 0 aromatic rings. The van der Waals surface area contributed by atoms with Crippen LogP contribution in [0, 0.1) is 0 Å². The molecule has 4 heteroatoms. The number of hydrogen-bond donors (Lipinski definition) is 1. The summed E-state index contributed by atoms with van der Waals surface area (Å²) in [4.78, 5) is 9.37. The molecule has 0 unspecified atom stereocenters. The van der Waals surface area contributed by atoms with Gasteiger partial charge in [-0.1, -0.05) is 0 Å². The first-order valence-corrected chi connectivity index (χ1v) is 1.11. The minimum Gasteiger partial charge on any atom is -0.453 e. The van der Waals surface area contributed by atoms with Gasteiger partial charge >= 0.3 is 6.09 Å². The standard InChI is InChI=1S/C2H5NO2.V/c1-5-2(3)4;/h1H3,(H2,3,4);. The van der Waals surface area contributed by atoms with Crippen molar-refractivity contribution in [2.75, 3.05) is 7.11 Å². The Hall–Kier alpha value is -0.146. The maximum absolute atomic E-state index is 9.37. The summed E-state index contributed by atoms with van der Waals surface area (Å²) in [5.41, 5.74) is 4.43. The van der Waals surface area contributed by atoms with Crippen LogP contribution in [0.15, 0.2) is 0 Å². The van der Waals surface area contributed by atoms with Gasteiger partial charge in [0.2, 0.25) is 0 Å². The fourth-order valence-corrected chi connectivity index (χ4v) is 0. The first-order chi connectivity index (χ1) is 2.27. The van der Waals surface area contributed by atoms with Gasteiger partial charge in [0, 0.05) is 18.6 Å². The second-order valence-electron chi connectivity index (χ2n) is 0.523. The normalized spacial score (nSPS) is 5.50. The molecule has 35 valence electrons. The van der Waals surface area contributed by atoms with Crippen molar-refractivity contribution in [2.24, 2.45) is 5.73 Å². The van der Waals surface area contributed by atoms with E-state index in [1.807, 2.05) is 0 Å². The van der Waals surface area contributed by atoms with Gasteiger partial charge in [0.1, 0.15) is 0 Å². The maximum atomic E-state index is 9.37. The Balaban J connectivity index is 0. The first kappa shape index (κ1) is 9.29. The van der Waals surface area contributed by atoms with Crippen LogP contribution in [0.25, 0.3) is 0 Å². The molecule has 6 heavy (non-hydrogen) atoms. The van der Waals surface area contributed by atoms with Crippen LogP contribution in [0.5, 0.6) is 0 Å². The van der Waals surface area contributed by atoms with E-state index in [4.69, 9.17) is 0 Å². The average Bonchev–Trinajstić information content (AvgIpc) is 1.38. The van der Waals surface area contributed by atoms with Crippen molar-refractivity contribution < 1.29 is 28.1 Å². The fraction of sp³-hybridized carbons (Fsp3) is 0.500. The van der Waals surface area contributed by atoms with Crippen LogP contribution in [0.3, 0.4) is 0 Å². The number of rotatable bonds is 0. The van der Waals surface area contributed by atoms with Crippen molar-refractivity contribution in [1.82, 2.24) is 0 Å². The van der Waals surface area contributed by atoms with Gasteiger partial charge in [-0.3, -0.25) is 0 Å². The van der Waals surface area contributed by atoms with Gasteiger partial charge in [-0.25, -0.2) is 4.79 Å². The predicted octanol–water partition coefficient (Wildman–Crippen LogP) is -0.291. The first-order valence-electron chi connectivity index (χ1n) is 1.11. The molecule has 3 nitrogen and oxygen atoms in total. The number of hydrogen-bond acceptors (Lipinski definition) is 2. The Kier molecular flexibility index (Phi) is 7.51. The van der Waals surface area contributed by atoms with Crippen LogP contribution in [-0.4, -0.2) is 13.2 Å². The molecule has 0 spiro atoms. The van der Waals surface area contributed by atoms with Crippen molar-refractivity contribution in [2.45, 2.75) is 0 Å².